The van der Waals surface area contributed by atoms with Crippen molar-refractivity contribution in [1.82, 2.24) is 0 Å². The van der Waals surface area contributed by atoms with Crippen molar-refractivity contribution in [2.45, 2.75) is 0 Å². The summed E-state index contributed by atoms with van der Waals surface area (Å²) in [5.74, 6) is 0. The molecule has 0 aliphatic rings. The molecule has 0 fully saturated rings. The van der Waals surface area contributed by atoms with Crippen LogP contribution in [0.15, 0.2) is 164 Å². The van der Waals surface area contributed by atoms with Gasteiger partial charge in [0.2, 0.25) is 0 Å². The summed E-state index contributed by atoms with van der Waals surface area (Å²) in [7, 11) is 0. The van der Waals surface area contributed by atoms with Gasteiger partial charge in [-0.15, -0.1) is 0 Å². The van der Waals surface area contributed by atoms with Gasteiger partial charge in [-0.05, 0) is 91.3 Å². The fourth-order valence-electron chi connectivity index (χ4n) is 6.36. The number of hydrogen-bond donors (Lipinski definition) is 0. The zero-order valence-corrected chi connectivity index (χ0v) is 23.7. The van der Waals surface area contributed by atoms with Gasteiger partial charge in [-0.2, -0.15) is 0 Å². The molecule has 0 unspecified atom stereocenters. The van der Waals surface area contributed by atoms with Crippen molar-refractivity contribution in [1.29, 1.82) is 0 Å². The second-order valence-electron chi connectivity index (χ2n) is 11.0. The first-order valence-corrected chi connectivity index (χ1v) is 14.8. The standard InChI is InChI=1S/C42H29N/c1-3-15-34(16-4-1)43(35-17-5-2-6-18-35)42-29-41-37-20-10-9-19-36(37)33(28-40(41)38-21-11-12-22-39(38)42)26-24-30-23-25-31-13-7-8-14-32(31)27-30/h1-29H/b26-24+. The molecule has 0 spiro atoms. The van der Waals surface area contributed by atoms with E-state index in [4.69, 9.17) is 0 Å². The molecule has 8 aromatic carbocycles. The van der Waals surface area contributed by atoms with Gasteiger partial charge in [0.05, 0.1) is 5.69 Å². The Morgan fingerprint density at radius 3 is 1.58 bits per heavy atom. The lowest BCUT2D eigenvalue weighted by Gasteiger charge is -2.27. The maximum atomic E-state index is 2.39. The van der Waals surface area contributed by atoms with Crippen LogP contribution in [0.3, 0.4) is 0 Å². The third kappa shape index (κ3) is 4.52. The summed E-state index contributed by atoms with van der Waals surface area (Å²) in [5, 5.41) is 10.0. The van der Waals surface area contributed by atoms with Gasteiger partial charge < -0.3 is 4.90 Å². The van der Waals surface area contributed by atoms with E-state index in [-0.39, 0.29) is 0 Å². The first-order chi connectivity index (χ1) is 21.3. The van der Waals surface area contributed by atoms with Crippen LogP contribution in [-0.4, -0.2) is 0 Å². The maximum absolute atomic E-state index is 2.39. The van der Waals surface area contributed by atoms with Crippen LogP contribution in [0, 0.1) is 0 Å². The molecule has 0 heterocycles. The van der Waals surface area contributed by atoms with Crippen LogP contribution in [0.25, 0.3) is 55.2 Å². The highest BCUT2D eigenvalue weighted by Gasteiger charge is 2.18. The summed E-state index contributed by atoms with van der Waals surface area (Å²) < 4.78 is 0. The number of anilines is 3. The van der Waals surface area contributed by atoms with Crippen molar-refractivity contribution in [2.75, 3.05) is 4.90 Å². The van der Waals surface area contributed by atoms with Gasteiger partial charge in [0.15, 0.2) is 0 Å². The van der Waals surface area contributed by atoms with E-state index in [0.717, 1.165) is 11.4 Å². The Morgan fingerprint density at radius 2 is 0.884 bits per heavy atom. The number of fused-ring (bicyclic) bond motifs is 6. The van der Waals surface area contributed by atoms with Crippen molar-refractivity contribution in [3.05, 3.63) is 175 Å². The van der Waals surface area contributed by atoms with E-state index in [1.54, 1.807) is 0 Å². The Bertz CT molecular complexity index is 2240. The number of rotatable bonds is 5. The SMILES string of the molecule is C(=C\c1cc2c3ccccc3c(N(c3ccccc3)c3ccccc3)cc2c2ccccc12)/c1ccc2ccccc2c1. The second kappa shape index (κ2) is 10.6. The molecule has 0 saturated carbocycles. The van der Waals surface area contributed by atoms with E-state index in [0.29, 0.717) is 0 Å². The van der Waals surface area contributed by atoms with Crippen LogP contribution in [0.2, 0.25) is 0 Å². The molecule has 202 valence electrons. The number of nitrogens with zero attached hydrogens (tertiary/aromatic N) is 1. The van der Waals surface area contributed by atoms with Crippen LogP contribution in [-0.2, 0) is 0 Å². The Morgan fingerprint density at radius 1 is 0.349 bits per heavy atom. The highest BCUT2D eigenvalue weighted by molar-refractivity contribution is 6.23. The quantitative estimate of drug-likeness (QED) is 0.153. The molecule has 0 radical (unpaired) electrons. The molecular formula is C42H29N. The third-order valence-corrected chi connectivity index (χ3v) is 8.39. The van der Waals surface area contributed by atoms with Gasteiger partial charge >= 0.3 is 0 Å². The molecule has 8 rings (SSSR count). The molecule has 0 saturated heterocycles. The number of para-hydroxylation sites is 2. The van der Waals surface area contributed by atoms with Gasteiger partial charge in [-0.1, -0.05) is 133 Å². The third-order valence-electron chi connectivity index (χ3n) is 8.39. The Labute approximate surface area is 251 Å². The molecule has 0 bridgehead atoms. The number of hydrogen-bond acceptors (Lipinski definition) is 1. The normalized spacial score (nSPS) is 11.6. The largest absolute Gasteiger partial charge is 0.310 e. The van der Waals surface area contributed by atoms with Crippen LogP contribution in [0.5, 0.6) is 0 Å². The lowest BCUT2D eigenvalue weighted by molar-refractivity contribution is 1.30. The summed E-state index contributed by atoms with van der Waals surface area (Å²) in [5.41, 5.74) is 5.86. The van der Waals surface area contributed by atoms with E-state index >= 15 is 0 Å². The lowest BCUT2D eigenvalue weighted by atomic mass is 9.92. The van der Waals surface area contributed by atoms with Crippen LogP contribution in [0.1, 0.15) is 11.1 Å². The minimum absolute atomic E-state index is 1.14. The highest BCUT2D eigenvalue weighted by atomic mass is 15.1. The minimum Gasteiger partial charge on any atom is -0.310 e. The molecule has 1 heteroatoms. The topological polar surface area (TPSA) is 3.24 Å². The molecule has 0 amide bonds. The average molecular weight is 548 g/mol. The van der Waals surface area contributed by atoms with Crippen LogP contribution in [0.4, 0.5) is 17.1 Å². The van der Waals surface area contributed by atoms with Gasteiger partial charge in [-0.25, -0.2) is 0 Å². The summed E-state index contributed by atoms with van der Waals surface area (Å²) in [4.78, 5) is 2.38. The summed E-state index contributed by atoms with van der Waals surface area (Å²) in [6.45, 7) is 0. The van der Waals surface area contributed by atoms with Crippen molar-refractivity contribution in [3.8, 4) is 0 Å². The van der Waals surface area contributed by atoms with Gasteiger partial charge in [-0.3, -0.25) is 0 Å². The summed E-state index contributed by atoms with van der Waals surface area (Å²) >= 11 is 0. The Kier molecular flexibility index (Phi) is 6.20. The predicted octanol–water partition coefficient (Wildman–Crippen LogP) is 11.9. The van der Waals surface area contributed by atoms with Gasteiger partial charge in [0.1, 0.15) is 0 Å². The summed E-state index contributed by atoms with van der Waals surface area (Å²) in [6.07, 6.45) is 4.51. The molecular weight excluding hydrogens is 518 g/mol. The zero-order chi connectivity index (χ0) is 28.6. The van der Waals surface area contributed by atoms with E-state index in [1.807, 2.05) is 0 Å². The molecule has 0 aliphatic carbocycles. The molecule has 0 atom stereocenters. The maximum Gasteiger partial charge on any atom is 0.0546 e. The molecule has 0 aliphatic heterocycles. The molecule has 0 aromatic heterocycles. The lowest BCUT2D eigenvalue weighted by Crippen LogP contribution is -2.10. The van der Waals surface area contributed by atoms with Crippen molar-refractivity contribution in [3.63, 3.8) is 0 Å². The predicted molar refractivity (Wildman–Crippen MR) is 187 cm³/mol. The highest BCUT2D eigenvalue weighted by Crippen LogP contribution is 2.44. The van der Waals surface area contributed by atoms with E-state index in [1.165, 1.54) is 59.9 Å². The molecule has 0 N–H and O–H groups in total. The van der Waals surface area contributed by atoms with Crippen LogP contribution < -0.4 is 4.90 Å². The average Bonchev–Trinajstić information content (AvgIpc) is 3.08. The number of benzene rings is 8. The van der Waals surface area contributed by atoms with Crippen molar-refractivity contribution in [2.24, 2.45) is 0 Å². The fraction of sp³-hybridized carbons (Fsp3) is 0. The summed E-state index contributed by atoms with van der Waals surface area (Å²) in [6, 6.07) is 58.9. The fourth-order valence-corrected chi connectivity index (χ4v) is 6.36. The van der Waals surface area contributed by atoms with Gasteiger partial charge in [0.25, 0.3) is 0 Å². The van der Waals surface area contributed by atoms with E-state index in [9.17, 15) is 0 Å². The molecule has 1 nitrogen and oxygen atoms in total. The van der Waals surface area contributed by atoms with Crippen molar-refractivity contribution < 1.29 is 0 Å². The molecule has 8 aromatic rings. The Hall–Kier alpha value is -5.66. The monoisotopic (exact) mass is 547 g/mol. The second-order valence-corrected chi connectivity index (χ2v) is 11.0. The smallest absolute Gasteiger partial charge is 0.0546 e. The minimum atomic E-state index is 1.14. The van der Waals surface area contributed by atoms with Crippen LogP contribution >= 0.6 is 0 Å². The first kappa shape index (κ1) is 25.1. The van der Waals surface area contributed by atoms with Gasteiger partial charge in [0, 0.05) is 16.8 Å². The van der Waals surface area contributed by atoms with Crippen molar-refractivity contribution >= 4 is 72.3 Å². The first-order valence-electron chi connectivity index (χ1n) is 14.8. The van der Waals surface area contributed by atoms with E-state index in [2.05, 4.69) is 181 Å². The Balaban J connectivity index is 1.37. The van der Waals surface area contributed by atoms with E-state index < -0.39 is 0 Å². The molecule has 43 heavy (non-hydrogen) atoms. The zero-order valence-electron chi connectivity index (χ0n) is 23.7.